The molecule has 3 aliphatic heterocycles. The molecule has 2 saturated heterocycles. The monoisotopic (exact) mass is 543 g/mol. The third-order valence-electron chi connectivity index (χ3n) is 9.74. The highest BCUT2D eigenvalue weighted by atomic mass is 35.5. The van der Waals surface area contributed by atoms with Gasteiger partial charge in [0, 0.05) is 69.1 Å². The van der Waals surface area contributed by atoms with E-state index in [1.54, 1.807) is 6.07 Å². The maximum atomic E-state index is 13.6. The number of benzene rings is 1. The van der Waals surface area contributed by atoms with Crippen LogP contribution in [0.15, 0.2) is 55.0 Å². The van der Waals surface area contributed by atoms with Gasteiger partial charge in [-0.05, 0) is 85.4 Å². The van der Waals surface area contributed by atoms with Gasteiger partial charge >= 0.3 is 0 Å². The van der Waals surface area contributed by atoms with Crippen LogP contribution in [0.5, 0.6) is 0 Å². The highest BCUT2D eigenvalue weighted by molar-refractivity contribution is 6.33. The summed E-state index contributed by atoms with van der Waals surface area (Å²) >= 11 is 6.34. The van der Waals surface area contributed by atoms with Crippen LogP contribution in [0.4, 0.5) is 5.69 Å². The second-order valence-corrected chi connectivity index (χ2v) is 12.1. The van der Waals surface area contributed by atoms with Gasteiger partial charge in [-0.15, -0.1) is 0 Å². The predicted molar refractivity (Wildman–Crippen MR) is 151 cm³/mol. The van der Waals surface area contributed by atoms with E-state index in [9.17, 15) is 9.59 Å². The van der Waals surface area contributed by atoms with Gasteiger partial charge < -0.3 is 19.3 Å². The number of likely N-dealkylation sites (tertiary alicyclic amines) is 1. The Balaban J connectivity index is 1.02. The number of piperidine rings is 2. The van der Waals surface area contributed by atoms with Crippen LogP contribution in [-0.4, -0.2) is 63.9 Å². The van der Waals surface area contributed by atoms with Crippen LogP contribution in [0.2, 0.25) is 5.02 Å². The minimum atomic E-state index is -0.0119. The Kier molecular flexibility index (Phi) is 6.14. The Morgan fingerprint density at radius 2 is 1.67 bits per heavy atom. The van der Waals surface area contributed by atoms with E-state index in [1.807, 2.05) is 39.0 Å². The number of nitrogens with zero attached hydrogens (tertiary/aromatic N) is 5. The maximum Gasteiger partial charge on any atom is 0.272 e. The molecule has 202 valence electrons. The van der Waals surface area contributed by atoms with E-state index in [4.69, 9.17) is 11.6 Å². The molecule has 7 rings (SSSR count). The lowest BCUT2D eigenvalue weighted by atomic mass is 9.71. The first-order valence-corrected chi connectivity index (χ1v) is 14.6. The van der Waals surface area contributed by atoms with Crippen LogP contribution >= 0.6 is 11.6 Å². The Labute approximate surface area is 234 Å². The van der Waals surface area contributed by atoms with Crippen molar-refractivity contribution in [3.8, 4) is 0 Å². The molecule has 2 amide bonds. The summed E-state index contributed by atoms with van der Waals surface area (Å²) < 4.78 is 1.95. The number of fused-ring (bicyclic) bond motifs is 2. The number of carbonyl (C=O) groups excluding carboxylic acids is 2. The minimum absolute atomic E-state index is 0.00447. The highest BCUT2D eigenvalue weighted by Gasteiger charge is 2.40. The summed E-state index contributed by atoms with van der Waals surface area (Å²) in [6.45, 7) is 5.16. The molecule has 4 aliphatic rings. The Bertz CT molecular complexity index is 1400. The normalized spacial score (nSPS) is 22.2. The molecular weight excluding hydrogens is 510 g/mol. The van der Waals surface area contributed by atoms with Crippen molar-refractivity contribution >= 4 is 29.1 Å². The lowest BCUT2D eigenvalue weighted by molar-refractivity contribution is 0.0515. The molecule has 8 heteroatoms. The number of anilines is 1. The number of amides is 2. The first-order chi connectivity index (χ1) is 19.0. The summed E-state index contributed by atoms with van der Waals surface area (Å²) in [5.74, 6) is 0.108. The molecule has 2 aromatic heterocycles. The van der Waals surface area contributed by atoms with Crippen molar-refractivity contribution in [3.63, 3.8) is 0 Å². The molecule has 1 unspecified atom stereocenters. The van der Waals surface area contributed by atoms with Crippen LogP contribution in [0.1, 0.15) is 70.1 Å². The summed E-state index contributed by atoms with van der Waals surface area (Å²) in [7, 11) is 0. The third-order valence-corrected chi connectivity index (χ3v) is 10.0. The molecule has 7 nitrogen and oxygen atoms in total. The van der Waals surface area contributed by atoms with E-state index in [0.29, 0.717) is 22.7 Å². The molecule has 1 spiro atoms. The van der Waals surface area contributed by atoms with Gasteiger partial charge in [0.05, 0.1) is 11.1 Å². The number of rotatable bonds is 3. The van der Waals surface area contributed by atoms with Crippen molar-refractivity contribution in [2.24, 2.45) is 5.41 Å². The second kappa shape index (κ2) is 9.70. The fourth-order valence-electron chi connectivity index (χ4n) is 7.31. The van der Waals surface area contributed by atoms with Crippen LogP contribution in [0.3, 0.4) is 0 Å². The summed E-state index contributed by atoms with van der Waals surface area (Å²) in [6, 6.07) is 12.1. The molecule has 0 saturated carbocycles. The van der Waals surface area contributed by atoms with Crippen molar-refractivity contribution in [1.29, 1.82) is 0 Å². The van der Waals surface area contributed by atoms with Gasteiger partial charge in [-0.1, -0.05) is 17.7 Å². The number of pyridine rings is 1. The van der Waals surface area contributed by atoms with Gasteiger partial charge in [0.1, 0.15) is 5.69 Å². The van der Waals surface area contributed by atoms with Crippen LogP contribution in [-0.2, 0) is 13.0 Å². The quantitative estimate of drug-likeness (QED) is 0.455. The predicted octanol–water partition coefficient (Wildman–Crippen LogP) is 5.20. The smallest absolute Gasteiger partial charge is 0.272 e. The van der Waals surface area contributed by atoms with Gasteiger partial charge in [0.2, 0.25) is 0 Å². The SMILES string of the molecule is O=C(c1ccc2c(c1)C(N1CCn3ccc(Cl)c3C1=O)CC2)N1CCC2(CC1)CCN(c1ccncc1)CC2. The number of aryl methyl sites for hydroxylation is 1. The van der Waals surface area contributed by atoms with E-state index in [1.165, 1.54) is 24.1 Å². The average Bonchev–Trinajstić information content (AvgIpc) is 3.57. The van der Waals surface area contributed by atoms with Gasteiger partial charge in [-0.2, -0.15) is 0 Å². The maximum absolute atomic E-state index is 13.6. The van der Waals surface area contributed by atoms with Gasteiger partial charge in [0.15, 0.2) is 0 Å². The third kappa shape index (κ3) is 4.31. The Hall–Kier alpha value is -3.32. The van der Waals surface area contributed by atoms with Crippen molar-refractivity contribution in [2.75, 3.05) is 37.6 Å². The summed E-state index contributed by atoms with van der Waals surface area (Å²) in [5, 5.41) is 0.512. The van der Waals surface area contributed by atoms with E-state index in [0.717, 1.165) is 69.5 Å². The van der Waals surface area contributed by atoms with E-state index in [-0.39, 0.29) is 17.9 Å². The Morgan fingerprint density at radius 1 is 0.923 bits per heavy atom. The van der Waals surface area contributed by atoms with Crippen molar-refractivity contribution in [1.82, 2.24) is 19.4 Å². The summed E-state index contributed by atoms with van der Waals surface area (Å²) in [6.07, 6.45) is 11.9. The highest BCUT2D eigenvalue weighted by Crippen LogP contribution is 2.43. The number of hydrogen-bond acceptors (Lipinski definition) is 4. The van der Waals surface area contributed by atoms with E-state index in [2.05, 4.69) is 34.1 Å². The fraction of sp³-hybridized carbons (Fsp3) is 0.452. The molecule has 2 fully saturated rings. The summed E-state index contributed by atoms with van der Waals surface area (Å²) in [4.78, 5) is 37.6. The summed E-state index contributed by atoms with van der Waals surface area (Å²) in [5.41, 5.74) is 5.30. The zero-order valence-corrected chi connectivity index (χ0v) is 22.9. The van der Waals surface area contributed by atoms with Crippen LogP contribution in [0.25, 0.3) is 0 Å². The molecule has 1 atom stereocenters. The largest absolute Gasteiger partial charge is 0.371 e. The standard InChI is InChI=1S/C31H34ClN5O2/c32-26-7-14-35-19-20-37(30(39)28(26)35)27-4-3-22-1-2-23(21-25(22)27)29(38)36-17-10-31(11-18-36)8-15-34(16-9-31)24-5-12-33-13-6-24/h1-2,5-7,12-14,21,27H,3-4,8-11,15-20H2. The molecule has 0 bridgehead atoms. The zero-order chi connectivity index (χ0) is 26.6. The first kappa shape index (κ1) is 24.7. The molecule has 1 aliphatic carbocycles. The lowest BCUT2D eigenvalue weighted by Crippen LogP contribution is -2.48. The molecular formula is C31H34ClN5O2. The molecule has 5 heterocycles. The number of carbonyl (C=O) groups is 2. The van der Waals surface area contributed by atoms with Gasteiger partial charge in [0.25, 0.3) is 11.8 Å². The lowest BCUT2D eigenvalue weighted by Gasteiger charge is -2.47. The number of halogens is 1. The minimum Gasteiger partial charge on any atom is -0.371 e. The van der Waals surface area contributed by atoms with Crippen LogP contribution in [0, 0.1) is 5.41 Å². The number of hydrogen-bond donors (Lipinski definition) is 0. The van der Waals surface area contributed by atoms with E-state index >= 15 is 0 Å². The molecule has 39 heavy (non-hydrogen) atoms. The van der Waals surface area contributed by atoms with Crippen molar-refractivity contribution in [2.45, 2.75) is 51.1 Å². The topological polar surface area (TPSA) is 61.7 Å². The molecule has 0 radical (unpaired) electrons. The molecule has 0 N–H and O–H groups in total. The second-order valence-electron chi connectivity index (χ2n) is 11.7. The Morgan fingerprint density at radius 3 is 2.44 bits per heavy atom. The zero-order valence-electron chi connectivity index (χ0n) is 22.2. The molecule has 1 aromatic carbocycles. The van der Waals surface area contributed by atoms with Crippen molar-refractivity contribution < 1.29 is 9.59 Å². The van der Waals surface area contributed by atoms with Gasteiger partial charge in [-0.3, -0.25) is 14.6 Å². The van der Waals surface area contributed by atoms with Gasteiger partial charge in [-0.25, -0.2) is 0 Å². The number of aromatic nitrogens is 2. The van der Waals surface area contributed by atoms with E-state index < -0.39 is 0 Å². The van der Waals surface area contributed by atoms with Crippen molar-refractivity contribution in [3.05, 3.63) is 82.4 Å². The fourth-order valence-corrected chi connectivity index (χ4v) is 7.55. The average molecular weight is 544 g/mol. The molecule has 3 aromatic rings. The van der Waals surface area contributed by atoms with Crippen LogP contribution < -0.4 is 4.90 Å². The first-order valence-electron chi connectivity index (χ1n) is 14.2.